The number of amides is 1. The second kappa shape index (κ2) is 5.63. The van der Waals surface area contributed by atoms with Crippen molar-refractivity contribution in [3.8, 4) is 0 Å². The molecule has 5 heteroatoms. The predicted octanol–water partition coefficient (Wildman–Crippen LogP) is 2.93. The van der Waals surface area contributed by atoms with Crippen molar-refractivity contribution in [2.45, 2.75) is 44.1 Å². The van der Waals surface area contributed by atoms with E-state index in [1.165, 1.54) is 45.2 Å². The molecule has 2 heterocycles. The Morgan fingerprint density at radius 3 is 2.77 bits per heavy atom. The van der Waals surface area contributed by atoms with E-state index in [4.69, 9.17) is 10.7 Å². The summed E-state index contributed by atoms with van der Waals surface area (Å²) in [6.07, 6.45) is 6.49. The van der Waals surface area contributed by atoms with Crippen molar-refractivity contribution in [2.75, 3.05) is 13.1 Å². The van der Waals surface area contributed by atoms with Gasteiger partial charge in [-0.3, -0.25) is 4.79 Å². The van der Waals surface area contributed by atoms with Crippen LogP contribution in [-0.4, -0.2) is 34.9 Å². The third kappa shape index (κ3) is 2.42. The summed E-state index contributed by atoms with van der Waals surface area (Å²) in [5, 5.41) is 1.16. The molecule has 1 amide bonds. The van der Waals surface area contributed by atoms with Gasteiger partial charge < -0.3 is 10.6 Å². The maximum Gasteiger partial charge on any atom is 0.250 e. The maximum atomic E-state index is 11.5. The summed E-state index contributed by atoms with van der Waals surface area (Å²) in [5.74, 6) is 0.128. The summed E-state index contributed by atoms with van der Waals surface area (Å²) in [6.45, 7) is 2.52. The van der Waals surface area contributed by atoms with Gasteiger partial charge in [0.15, 0.2) is 0 Å². The number of rotatable bonds is 3. The van der Waals surface area contributed by atoms with Gasteiger partial charge in [0.05, 0.1) is 20.8 Å². The molecule has 1 aliphatic heterocycles. The summed E-state index contributed by atoms with van der Waals surface area (Å²) in [4.78, 5) is 18.9. The molecular weight excluding hydrogens is 294 g/mol. The van der Waals surface area contributed by atoms with E-state index in [2.05, 4.69) is 11.0 Å². The fourth-order valence-corrected chi connectivity index (χ4v) is 4.74. The number of carbonyl (C=O) groups is 1. The first-order valence-corrected chi connectivity index (χ1v) is 8.88. The zero-order valence-electron chi connectivity index (χ0n) is 12.5. The number of piperidine rings is 1. The molecule has 0 spiro atoms. The molecule has 4 rings (SSSR count). The lowest BCUT2D eigenvalue weighted by Gasteiger charge is -2.43. The molecule has 2 aliphatic rings. The fraction of sp³-hybridized carbons (Fsp3) is 0.529. The molecule has 4 nitrogen and oxygen atoms in total. The number of thiazole rings is 1. The SMILES string of the molecule is NC(=O)c1c[c]cc2sc([C@H]3C[C@@H](N4CCCCC4)C3)nc12. The molecule has 2 N–H and O–H groups in total. The molecule has 22 heavy (non-hydrogen) atoms. The van der Waals surface area contributed by atoms with Crippen molar-refractivity contribution in [3.63, 3.8) is 0 Å². The highest BCUT2D eigenvalue weighted by atomic mass is 32.1. The lowest BCUT2D eigenvalue weighted by Crippen LogP contribution is -2.46. The minimum Gasteiger partial charge on any atom is -0.366 e. The van der Waals surface area contributed by atoms with Crippen molar-refractivity contribution in [1.29, 1.82) is 0 Å². The molecule has 1 saturated heterocycles. The van der Waals surface area contributed by atoms with Gasteiger partial charge in [0.2, 0.25) is 0 Å². The van der Waals surface area contributed by atoms with Crippen LogP contribution in [0.25, 0.3) is 10.2 Å². The number of hydrogen-bond acceptors (Lipinski definition) is 4. The molecule has 1 radical (unpaired) electrons. The zero-order chi connectivity index (χ0) is 15.1. The van der Waals surface area contributed by atoms with E-state index in [1.54, 1.807) is 17.4 Å². The topological polar surface area (TPSA) is 59.2 Å². The monoisotopic (exact) mass is 314 g/mol. The zero-order valence-corrected chi connectivity index (χ0v) is 13.4. The number of nitrogens with two attached hydrogens (primary N) is 1. The van der Waals surface area contributed by atoms with Crippen LogP contribution in [0.5, 0.6) is 0 Å². The van der Waals surface area contributed by atoms with Gasteiger partial charge in [0.25, 0.3) is 5.91 Å². The van der Waals surface area contributed by atoms with E-state index in [9.17, 15) is 4.79 Å². The van der Waals surface area contributed by atoms with Gasteiger partial charge >= 0.3 is 0 Å². The lowest BCUT2D eigenvalue weighted by atomic mass is 9.79. The lowest BCUT2D eigenvalue weighted by molar-refractivity contribution is 0.0888. The molecule has 1 aromatic carbocycles. The second-order valence-electron chi connectivity index (χ2n) is 6.42. The summed E-state index contributed by atoms with van der Waals surface area (Å²) in [6, 6.07) is 7.28. The maximum absolute atomic E-state index is 11.5. The van der Waals surface area contributed by atoms with Gasteiger partial charge in [0, 0.05) is 12.0 Å². The number of likely N-dealkylation sites (tertiary alicyclic amines) is 1. The Bertz CT molecular complexity index is 699. The normalized spacial score (nSPS) is 26.0. The molecule has 0 unspecified atom stereocenters. The fourth-order valence-electron chi connectivity index (χ4n) is 3.64. The minimum absolute atomic E-state index is 0.418. The number of carbonyl (C=O) groups excluding carboxylic acids is 1. The molecule has 1 aromatic heterocycles. The summed E-state index contributed by atoms with van der Waals surface area (Å²) in [5.41, 5.74) is 6.68. The first-order chi connectivity index (χ1) is 10.7. The largest absolute Gasteiger partial charge is 0.366 e. The second-order valence-corrected chi connectivity index (χ2v) is 7.48. The van der Waals surface area contributed by atoms with Crippen LogP contribution in [0, 0.1) is 6.07 Å². The van der Waals surface area contributed by atoms with Crippen LogP contribution < -0.4 is 5.73 Å². The standard InChI is InChI=1S/C17H20N3OS/c18-16(21)13-5-4-6-14-15(13)19-17(22-14)11-9-12(10-11)20-7-2-1-3-8-20/h5-6,11-12H,1-3,7-10H2,(H2,18,21)/t11-,12+. The van der Waals surface area contributed by atoms with E-state index < -0.39 is 5.91 Å². The third-order valence-electron chi connectivity index (χ3n) is 5.00. The number of primary amides is 1. The van der Waals surface area contributed by atoms with Crippen molar-refractivity contribution >= 4 is 27.5 Å². The number of hydrogen-bond donors (Lipinski definition) is 1. The van der Waals surface area contributed by atoms with E-state index >= 15 is 0 Å². The van der Waals surface area contributed by atoms with Crippen LogP contribution in [0.3, 0.4) is 0 Å². The van der Waals surface area contributed by atoms with Crippen molar-refractivity contribution < 1.29 is 4.79 Å². The van der Waals surface area contributed by atoms with Crippen LogP contribution in [0.2, 0.25) is 0 Å². The van der Waals surface area contributed by atoms with E-state index in [1.807, 2.05) is 6.07 Å². The molecule has 0 bridgehead atoms. The Hall–Kier alpha value is -1.46. The number of benzene rings is 1. The van der Waals surface area contributed by atoms with Gasteiger partial charge in [-0.25, -0.2) is 4.98 Å². The first kappa shape index (κ1) is 14.2. The number of nitrogens with zero attached hydrogens (tertiary/aromatic N) is 2. The smallest absolute Gasteiger partial charge is 0.250 e. The van der Waals surface area contributed by atoms with E-state index in [0.717, 1.165) is 21.3 Å². The minimum atomic E-state index is -0.418. The molecule has 2 aromatic rings. The van der Waals surface area contributed by atoms with Crippen LogP contribution in [0.4, 0.5) is 0 Å². The highest BCUT2D eigenvalue weighted by Crippen LogP contribution is 2.43. The molecule has 1 aliphatic carbocycles. The molecule has 2 fully saturated rings. The average Bonchev–Trinajstić information content (AvgIpc) is 2.89. The van der Waals surface area contributed by atoms with Crippen LogP contribution in [-0.2, 0) is 0 Å². The van der Waals surface area contributed by atoms with Gasteiger partial charge in [-0.05, 0) is 57.0 Å². The highest BCUT2D eigenvalue weighted by molar-refractivity contribution is 7.18. The number of fused-ring (bicyclic) bond motifs is 1. The summed E-state index contributed by atoms with van der Waals surface area (Å²) < 4.78 is 1.02. The average molecular weight is 314 g/mol. The molecule has 0 atom stereocenters. The van der Waals surface area contributed by atoms with Crippen molar-refractivity contribution in [3.05, 3.63) is 28.8 Å². The van der Waals surface area contributed by atoms with Crippen molar-refractivity contribution in [2.24, 2.45) is 5.73 Å². The van der Waals surface area contributed by atoms with Crippen LogP contribution >= 0.6 is 11.3 Å². The predicted molar refractivity (Wildman–Crippen MR) is 88.2 cm³/mol. The Kier molecular flexibility index (Phi) is 3.62. The third-order valence-corrected chi connectivity index (χ3v) is 6.17. The quantitative estimate of drug-likeness (QED) is 0.947. The Balaban J connectivity index is 1.51. The molecular formula is C17H20N3OS. The van der Waals surface area contributed by atoms with E-state index in [0.29, 0.717) is 11.5 Å². The van der Waals surface area contributed by atoms with Crippen LogP contribution in [0.1, 0.15) is 53.4 Å². The highest BCUT2D eigenvalue weighted by Gasteiger charge is 2.36. The summed E-state index contributed by atoms with van der Waals surface area (Å²) in [7, 11) is 0. The van der Waals surface area contributed by atoms with Gasteiger partial charge in [-0.1, -0.05) is 6.42 Å². The van der Waals surface area contributed by atoms with Gasteiger partial charge in [0.1, 0.15) is 0 Å². The van der Waals surface area contributed by atoms with Crippen LogP contribution in [0.15, 0.2) is 12.1 Å². The van der Waals surface area contributed by atoms with Gasteiger partial charge in [-0.15, -0.1) is 11.3 Å². The Morgan fingerprint density at radius 2 is 2.05 bits per heavy atom. The van der Waals surface area contributed by atoms with Gasteiger partial charge in [-0.2, -0.15) is 0 Å². The Morgan fingerprint density at radius 1 is 1.27 bits per heavy atom. The first-order valence-electron chi connectivity index (χ1n) is 8.07. The number of aromatic nitrogens is 1. The molecule has 1 saturated carbocycles. The Labute approximate surface area is 134 Å². The summed E-state index contributed by atoms with van der Waals surface area (Å²) >= 11 is 1.69. The van der Waals surface area contributed by atoms with Crippen molar-refractivity contribution in [1.82, 2.24) is 9.88 Å². The molecule has 115 valence electrons. The van der Waals surface area contributed by atoms with E-state index in [-0.39, 0.29) is 0 Å².